The fourth-order valence-electron chi connectivity index (χ4n) is 6.08. The topological polar surface area (TPSA) is 119 Å². The van der Waals surface area contributed by atoms with Gasteiger partial charge >= 0.3 is 0 Å². The summed E-state index contributed by atoms with van der Waals surface area (Å²) in [5.41, 5.74) is 14.1. The average molecular weight is 596 g/mol. The number of fused-ring (bicyclic) bond motifs is 3. The molecule has 45 heavy (non-hydrogen) atoms. The Morgan fingerprint density at radius 1 is 0.911 bits per heavy atom. The normalized spacial score (nSPS) is 14.2. The Balaban J connectivity index is 1.07. The number of primary amides is 1. The maximum absolute atomic E-state index is 12.9. The molecule has 2 amide bonds. The molecule has 6 aromatic rings. The van der Waals surface area contributed by atoms with Crippen molar-refractivity contribution in [3.8, 4) is 22.4 Å². The summed E-state index contributed by atoms with van der Waals surface area (Å²) >= 11 is 0. The second kappa shape index (κ2) is 11.9. The van der Waals surface area contributed by atoms with E-state index in [1.807, 2.05) is 41.9 Å². The van der Waals surface area contributed by atoms with E-state index in [2.05, 4.69) is 62.8 Å². The smallest absolute Gasteiger partial charge is 0.248 e. The zero-order valence-corrected chi connectivity index (χ0v) is 25.0. The Morgan fingerprint density at radius 2 is 1.69 bits per heavy atom. The molecule has 1 aliphatic rings. The molecule has 0 spiro atoms. The molecular weight excluding hydrogens is 562 g/mol. The van der Waals surface area contributed by atoms with Gasteiger partial charge in [-0.3, -0.25) is 14.5 Å². The van der Waals surface area contributed by atoms with Crippen LogP contribution in [0.1, 0.15) is 34.5 Å². The number of benzene rings is 3. The highest BCUT2D eigenvalue weighted by Gasteiger charge is 2.25. The van der Waals surface area contributed by atoms with Gasteiger partial charge in [0.1, 0.15) is 0 Å². The summed E-state index contributed by atoms with van der Waals surface area (Å²) < 4.78 is 1.82. The van der Waals surface area contributed by atoms with Crippen molar-refractivity contribution in [1.29, 1.82) is 0 Å². The largest absolute Gasteiger partial charge is 0.366 e. The molecule has 0 bridgehead atoms. The van der Waals surface area contributed by atoms with Gasteiger partial charge in [0, 0.05) is 52.5 Å². The van der Waals surface area contributed by atoms with E-state index in [0.29, 0.717) is 11.3 Å². The van der Waals surface area contributed by atoms with Gasteiger partial charge < -0.3 is 11.1 Å². The summed E-state index contributed by atoms with van der Waals surface area (Å²) in [6, 6.07) is 29.8. The SMILES string of the molecule is Cc1cc2ncc3cc(-c4ccccc4)c(-c4ccc(CN5CCC(C(=O)Nc6cccc(C(N)=O)c6)CC5)cc4)nc3n2n1. The second-order valence-corrected chi connectivity index (χ2v) is 11.7. The van der Waals surface area contributed by atoms with Crippen LogP contribution in [0.5, 0.6) is 0 Å². The zero-order chi connectivity index (χ0) is 30.9. The van der Waals surface area contributed by atoms with Gasteiger partial charge in [0.05, 0.1) is 11.4 Å². The van der Waals surface area contributed by atoms with Crippen molar-refractivity contribution in [3.63, 3.8) is 0 Å². The molecule has 0 atom stereocenters. The lowest BCUT2D eigenvalue weighted by molar-refractivity contribution is -0.121. The first kappa shape index (κ1) is 28.4. The first-order chi connectivity index (χ1) is 21.9. The average Bonchev–Trinajstić information content (AvgIpc) is 3.46. The van der Waals surface area contributed by atoms with Crippen LogP contribution in [-0.2, 0) is 11.3 Å². The first-order valence-corrected chi connectivity index (χ1v) is 15.2. The first-order valence-electron chi connectivity index (χ1n) is 15.2. The number of carbonyl (C=O) groups is 2. The highest BCUT2D eigenvalue weighted by Crippen LogP contribution is 2.34. The number of pyridine rings is 1. The standard InChI is InChI=1S/C36H33N7O2/c1-23-18-32-38-21-29-20-31(25-6-3-2-4-7-25)33(40-35(29)43(32)41-23)26-12-10-24(11-13-26)22-42-16-14-27(15-17-42)36(45)39-30-9-5-8-28(19-30)34(37)44/h2-13,18-21,27H,14-17,22H2,1H3,(H2,37,44)(H,39,45). The molecule has 0 saturated carbocycles. The van der Waals surface area contributed by atoms with Crippen LogP contribution in [0, 0.1) is 12.8 Å². The summed E-state index contributed by atoms with van der Waals surface area (Å²) in [7, 11) is 0. The fourth-order valence-corrected chi connectivity index (χ4v) is 6.08. The summed E-state index contributed by atoms with van der Waals surface area (Å²) in [6.07, 6.45) is 3.42. The molecule has 0 radical (unpaired) electrons. The molecule has 1 aliphatic heterocycles. The van der Waals surface area contributed by atoms with Gasteiger partial charge in [0.2, 0.25) is 11.8 Å². The third-order valence-electron chi connectivity index (χ3n) is 8.47. The lowest BCUT2D eigenvalue weighted by Crippen LogP contribution is -2.37. The number of aromatic nitrogens is 4. The zero-order valence-electron chi connectivity index (χ0n) is 25.0. The number of hydrogen-bond acceptors (Lipinski definition) is 6. The predicted molar refractivity (Wildman–Crippen MR) is 175 cm³/mol. The van der Waals surface area contributed by atoms with Gasteiger partial charge in [-0.05, 0) is 68.2 Å². The quantitative estimate of drug-likeness (QED) is 0.238. The lowest BCUT2D eigenvalue weighted by Gasteiger charge is -2.31. The molecule has 9 heteroatoms. The van der Waals surface area contributed by atoms with Gasteiger partial charge in [0.15, 0.2) is 11.3 Å². The number of hydrogen-bond donors (Lipinski definition) is 2. The van der Waals surface area contributed by atoms with Crippen molar-refractivity contribution in [1.82, 2.24) is 24.5 Å². The van der Waals surface area contributed by atoms with E-state index < -0.39 is 5.91 Å². The van der Waals surface area contributed by atoms with Crippen LogP contribution < -0.4 is 11.1 Å². The summed E-state index contributed by atoms with van der Waals surface area (Å²) in [5, 5.41) is 8.53. The number of nitrogens with zero attached hydrogens (tertiary/aromatic N) is 5. The number of amides is 2. The van der Waals surface area contributed by atoms with Crippen molar-refractivity contribution in [2.75, 3.05) is 18.4 Å². The third kappa shape index (κ3) is 5.90. The minimum Gasteiger partial charge on any atom is -0.366 e. The van der Waals surface area contributed by atoms with Crippen molar-refractivity contribution in [3.05, 3.63) is 114 Å². The second-order valence-electron chi connectivity index (χ2n) is 11.7. The van der Waals surface area contributed by atoms with Gasteiger partial charge in [0.25, 0.3) is 0 Å². The highest BCUT2D eigenvalue weighted by molar-refractivity contribution is 5.97. The van der Waals surface area contributed by atoms with Gasteiger partial charge in [-0.15, -0.1) is 0 Å². The molecule has 0 unspecified atom stereocenters. The maximum Gasteiger partial charge on any atom is 0.248 e. The molecule has 3 aromatic heterocycles. The number of likely N-dealkylation sites (tertiary alicyclic amines) is 1. The number of carbonyl (C=O) groups excluding carboxylic acids is 2. The molecule has 4 heterocycles. The number of anilines is 1. The Kier molecular flexibility index (Phi) is 7.52. The van der Waals surface area contributed by atoms with Crippen LogP contribution in [-0.4, -0.2) is 49.4 Å². The van der Waals surface area contributed by atoms with E-state index in [1.165, 1.54) is 5.56 Å². The van der Waals surface area contributed by atoms with E-state index in [9.17, 15) is 9.59 Å². The van der Waals surface area contributed by atoms with Crippen LogP contribution in [0.3, 0.4) is 0 Å². The van der Waals surface area contributed by atoms with Crippen LogP contribution in [0.2, 0.25) is 0 Å². The number of piperidine rings is 1. The van der Waals surface area contributed by atoms with Gasteiger partial charge in [-0.1, -0.05) is 60.7 Å². The number of nitrogens with one attached hydrogen (secondary N) is 1. The molecular formula is C36H33N7O2. The summed E-state index contributed by atoms with van der Waals surface area (Å²) in [5.74, 6) is -0.603. The molecule has 9 nitrogen and oxygen atoms in total. The lowest BCUT2D eigenvalue weighted by atomic mass is 9.95. The summed E-state index contributed by atoms with van der Waals surface area (Å²) in [6.45, 7) is 4.44. The van der Waals surface area contributed by atoms with Crippen LogP contribution in [0.4, 0.5) is 5.69 Å². The Labute approximate surface area is 260 Å². The monoisotopic (exact) mass is 595 g/mol. The minimum atomic E-state index is -0.513. The Morgan fingerprint density at radius 3 is 2.44 bits per heavy atom. The Bertz CT molecular complexity index is 2030. The molecule has 3 aromatic carbocycles. The highest BCUT2D eigenvalue weighted by atomic mass is 16.2. The van der Waals surface area contributed by atoms with E-state index in [4.69, 9.17) is 10.7 Å². The van der Waals surface area contributed by atoms with E-state index in [0.717, 1.165) is 77.2 Å². The van der Waals surface area contributed by atoms with Gasteiger partial charge in [-0.2, -0.15) is 9.61 Å². The van der Waals surface area contributed by atoms with Crippen molar-refractivity contribution in [2.45, 2.75) is 26.3 Å². The van der Waals surface area contributed by atoms with E-state index in [-0.39, 0.29) is 11.8 Å². The van der Waals surface area contributed by atoms with Crippen molar-refractivity contribution < 1.29 is 9.59 Å². The predicted octanol–water partition coefficient (Wildman–Crippen LogP) is 5.87. The third-order valence-corrected chi connectivity index (χ3v) is 8.47. The van der Waals surface area contributed by atoms with Crippen LogP contribution in [0.15, 0.2) is 97.2 Å². The molecule has 224 valence electrons. The molecule has 3 N–H and O–H groups in total. The van der Waals surface area contributed by atoms with E-state index >= 15 is 0 Å². The van der Waals surface area contributed by atoms with E-state index in [1.54, 1.807) is 24.3 Å². The Hall–Kier alpha value is -5.41. The maximum atomic E-state index is 12.9. The van der Waals surface area contributed by atoms with Crippen LogP contribution in [0.25, 0.3) is 39.1 Å². The molecule has 1 fully saturated rings. The summed E-state index contributed by atoms with van der Waals surface area (Å²) in [4.78, 5) is 36.5. The van der Waals surface area contributed by atoms with Gasteiger partial charge in [-0.25, -0.2) is 9.97 Å². The number of rotatable bonds is 7. The molecule has 1 saturated heterocycles. The van der Waals surface area contributed by atoms with Crippen molar-refractivity contribution >= 4 is 34.2 Å². The minimum absolute atomic E-state index is 0.0175. The van der Waals surface area contributed by atoms with Crippen LogP contribution >= 0.6 is 0 Å². The molecule has 0 aliphatic carbocycles. The number of aryl methyl sites for hydroxylation is 1. The van der Waals surface area contributed by atoms with Crippen molar-refractivity contribution in [2.24, 2.45) is 11.7 Å². The molecule has 7 rings (SSSR count). The number of nitrogens with two attached hydrogens (primary N) is 1. The fraction of sp³-hybridized carbons (Fsp3) is 0.194.